The highest BCUT2D eigenvalue weighted by Crippen LogP contribution is 2.35. The summed E-state index contributed by atoms with van der Waals surface area (Å²) in [5, 5.41) is 5.66. The molecule has 0 radical (unpaired) electrons. The Morgan fingerprint density at radius 3 is 2.47 bits per heavy atom. The Morgan fingerprint density at radius 2 is 1.76 bits per heavy atom. The van der Waals surface area contributed by atoms with Gasteiger partial charge in [-0.3, -0.25) is 19.5 Å². The maximum Gasteiger partial charge on any atom is 0.411 e. The minimum atomic E-state index is -0.908. The van der Waals surface area contributed by atoms with Crippen molar-refractivity contribution in [3.63, 3.8) is 0 Å². The van der Waals surface area contributed by atoms with Crippen molar-refractivity contribution in [3.8, 4) is 0 Å². The summed E-state index contributed by atoms with van der Waals surface area (Å²) in [4.78, 5) is 44.5. The fourth-order valence-corrected chi connectivity index (χ4v) is 4.32. The van der Waals surface area contributed by atoms with E-state index >= 15 is 0 Å². The Kier molecular flexibility index (Phi) is 7.17. The summed E-state index contributed by atoms with van der Waals surface area (Å²) in [6.45, 7) is 2.40. The van der Waals surface area contributed by atoms with Gasteiger partial charge in [0.2, 0.25) is 5.91 Å². The molecular weight excluding hydrogens is 484 g/mol. The summed E-state index contributed by atoms with van der Waals surface area (Å²) in [6.07, 6.45) is 1.66. The van der Waals surface area contributed by atoms with Crippen molar-refractivity contribution in [1.82, 2.24) is 15.2 Å². The van der Waals surface area contributed by atoms with Gasteiger partial charge < -0.3 is 19.8 Å². The van der Waals surface area contributed by atoms with E-state index in [-0.39, 0.29) is 30.7 Å². The number of hydrogen-bond donors (Lipinski definition) is 2. The molecule has 1 fully saturated rings. The Labute approximate surface area is 219 Å². The zero-order valence-electron chi connectivity index (χ0n) is 20.7. The molecule has 9 heteroatoms. The van der Waals surface area contributed by atoms with Gasteiger partial charge in [-0.15, -0.1) is 0 Å². The number of carbonyl (C=O) groups excluding carboxylic acids is 3. The quantitative estimate of drug-likeness (QED) is 0.358. The summed E-state index contributed by atoms with van der Waals surface area (Å²) in [5.74, 6) is -0.545. The van der Waals surface area contributed by atoms with E-state index in [1.54, 1.807) is 48.7 Å². The van der Waals surface area contributed by atoms with Crippen LogP contribution in [0.2, 0.25) is 0 Å². The lowest BCUT2D eigenvalue weighted by atomic mass is 9.99. The van der Waals surface area contributed by atoms with Crippen LogP contribution in [0.25, 0.3) is 0 Å². The summed E-state index contributed by atoms with van der Waals surface area (Å²) in [7, 11) is 0. The minimum Gasteiger partial charge on any atom is -0.459 e. The van der Waals surface area contributed by atoms with E-state index in [0.717, 1.165) is 11.1 Å². The third-order valence-corrected chi connectivity index (χ3v) is 6.37. The van der Waals surface area contributed by atoms with E-state index in [2.05, 4.69) is 15.6 Å². The number of carbonyl (C=O) groups is 3. The van der Waals surface area contributed by atoms with Gasteiger partial charge in [0.1, 0.15) is 0 Å². The van der Waals surface area contributed by atoms with Gasteiger partial charge in [0.25, 0.3) is 5.91 Å². The average Bonchev–Trinajstić information content (AvgIpc) is 3.59. The van der Waals surface area contributed by atoms with Gasteiger partial charge in [0.15, 0.2) is 17.9 Å². The molecule has 9 nitrogen and oxygen atoms in total. The number of ether oxygens (including phenoxy) is 1. The predicted octanol–water partition coefficient (Wildman–Crippen LogP) is 4.61. The Bertz CT molecular complexity index is 1420. The number of amides is 3. The molecule has 3 amide bonds. The monoisotopic (exact) mass is 510 g/mol. The van der Waals surface area contributed by atoms with Crippen LogP contribution in [-0.4, -0.2) is 33.8 Å². The van der Waals surface area contributed by atoms with Crippen molar-refractivity contribution < 1.29 is 23.5 Å². The molecule has 38 heavy (non-hydrogen) atoms. The number of cyclic esters (lactones) is 1. The van der Waals surface area contributed by atoms with E-state index in [1.165, 1.54) is 11.2 Å². The van der Waals surface area contributed by atoms with Crippen LogP contribution in [0.5, 0.6) is 0 Å². The number of aryl methyl sites for hydroxylation is 1. The van der Waals surface area contributed by atoms with Crippen molar-refractivity contribution in [2.45, 2.75) is 32.2 Å². The number of nitrogens with one attached hydrogen (secondary N) is 2. The molecule has 1 saturated heterocycles. The Balaban J connectivity index is 1.38. The van der Waals surface area contributed by atoms with Crippen LogP contribution in [0.1, 0.15) is 39.0 Å². The van der Waals surface area contributed by atoms with Crippen LogP contribution >= 0.6 is 0 Å². The van der Waals surface area contributed by atoms with E-state index < -0.39 is 18.2 Å². The number of hydrogen-bond acceptors (Lipinski definition) is 6. The fraction of sp³-hybridized carbons (Fsp3) is 0.172. The molecule has 192 valence electrons. The van der Waals surface area contributed by atoms with Crippen molar-refractivity contribution in [2.75, 3.05) is 5.32 Å². The van der Waals surface area contributed by atoms with Crippen LogP contribution in [0.3, 0.4) is 0 Å². The highest BCUT2D eigenvalue weighted by atomic mass is 16.6. The Morgan fingerprint density at radius 1 is 0.974 bits per heavy atom. The second kappa shape index (κ2) is 11.0. The molecule has 4 aromatic rings. The van der Waals surface area contributed by atoms with Gasteiger partial charge in [-0.2, -0.15) is 0 Å². The highest BCUT2D eigenvalue weighted by Gasteiger charge is 2.47. The number of furan rings is 1. The van der Waals surface area contributed by atoms with E-state index in [0.29, 0.717) is 16.9 Å². The minimum absolute atomic E-state index is 0.190. The lowest BCUT2D eigenvalue weighted by Gasteiger charge is -2.24. The smallest absolute Gasteiger partial charge is 0.411 e. The van der Waals surface area contributed by atoms with Crippen molar-refractivity contribution in [3.05, 3.63) is 119 Å². The first-order valence-electron chi connectivity index (χ1n) is 12.1. The molecule has 0 unspecified atom stereocenters. The van der Waals surface area contributed by atoms with Crippen LogP contribution in [-0.2, 0) is 22.6 Å². The van der Waals surface area contributed by atoms with Crippen LogP contribution in [0.15, 0.2) is 95.7 Å². The third-order valence-electron chi connectivity index (χ3n) is 6.37. The SMILES string of the molecule is Cc1ccccc1CN1C(=O)O[C@@H](c2ccc(NC(=O)c3ccco3)cc2)[C@H]1C(=O)NCc1ccccn1. The third kappa shape index (κ3) is 5.41. The number of pyridine rings is 1. The van der Waals surface area contributed by atoms with Gasteiger partial charge >= 0.3 is 6.09 Å². The van der Waals surface area contributed by atoms with Crippen LogP contribution in [0, 0.1) is 6.92 Å². The first-order chi connectivity index (χ1) is 18.5. The van der Waals surface area contributed by atoms with Gasteiger partial charge in [0.05, 0.1) is 25.0 Å². The predicted molar refractivity (Wildman–Crippen MR) is 139 cm³/mol. The molecule has 2 aromatic carbocycles. The normalized spacial score (nSPS) is 16.7. The van der Waals surface area contributed by atoms with Gasteiger partial charge in [-0.25, -0.2) is 4.79 Å². The number of benzene rings is 2. The van der Waals surface area contributed by atoms with Crippen molar-refractivity contribution in [1.29, 1.82) is 0 Å². The summed E-state index contributed by atoms with van der Waals surface area (Å²) >= 11 is 0. The first kappa shape index (κ1) is 24.8. The molecule has 5 rings (SSSR count). The average molecular weight is 511 g/mol. The second-order valence-electron chi connectivity index (χ2n) is 8.90. The Hall–Kier alpha value is -4.92. The fourth-order valence-electron chi connectivity index (χ4n) is 4.32. The zero-order chi connectivity index (χ0) is 26.5. The number of rotatable bonds is 8. The zero-order valence-corrected chi connectivity index (χ0v) is 20.7. The number of nitrogens with zero attached hydrogens (tertiary/aromatic N) is 2. The van der Waals surface area contributed by atoms with E-state index in [4.69, 9.17) is 9.15 Å². The largest absolute Gasteiger partial charge is 0.459 e. The van der Waals surface area contributed by atoms with E-state index in [1.807, 2.05) is 43.3 Å². The molecule has 2 aromatic heterocycles. The maximum absolute atomic E-state index is 13.5. The second-order valence-corrected chi connectivity index (χ2v) is 8.90. The summed E-state index contributed by atoms with van der Waals surface area (Å²) in [5.41, 5.74) is 3.79. The standard InChI is InChI=1S/C29H26N4O5/c1-19-7-2-3-8-21(19)18-33-25(28(35)31-17-23-9-4-5-15-30-23)26(38-29(33)36)20-11-13-22(14-12-20)32-27(34)24-10-6-16-37-24/h2-16,25-26H,17-18H2,1H3,(H,31,35)(H,32,34)/t25-,26-/m0/s1. The van der Waals surface area contributed by atoms with Crippen molar-refractivity contribution in [2.24, 2.45) is 0 Å². The first-order valence-corrected chi connectivity index (χ1v) is 12.1. The van der Waals surface area contributed by atoms with Gasteiger partial charge in [-0.1, -0.05) is 42.5 Å². The van der Waals surface area contributed by atoms with Crippen LogP contribution in [0.4, 0.5) is 10.5 Å². The van der Waals surface area contributed by atoms with Crippen molar-refractivity contribution >= 4 is 23.6 Å². The van der Waals surface area contributed by atoms with Crippen LogP contribution < -0.4 is 10.6 Å². The number of aromatic nitrogens is 1. The highest BCUT2D eigenvalue weighted by molar-refractivity contribution is 6.02. The molecule has 3 heterocycles. The molecule has 2 atom stereocenters. The summed E-state index contributed by atoms with van der Waals surface area (Å²) in [6, 6.07) is 22.3. The lowest BCUT2D eigenvalue weighted by Crippen LogP contribution is -2.46. The molecular formula is C29H26N4O5. The number of anilines is 1. The molecule has 0 aliphatic carbocycles. The van der Waals surface area contributed by atoms with Gasteiger partial charge in [-0.05, 0) is 60.0 Å². The summed E-state index contributed by atoms with van der Waals surface area (Å²) < 4.78 is 10.9. The molecule has 2 N–H and O–H groups in total. The maximum atomic E-state index is 13.5. The molecule has 1 aliphatic heterocycles. The molecule has 1 aliphatic rings. The molecule has 0 saturated carbocycles. The van der Waals surface area contributed by atoms with E-state index in [9.17, 15) is 14.4 Å². The van der Waals surface area contributed by atoms with Gasteiger partial charge in [0, 0.05) is 11.9 Å². The lowest BCUT2D eigenvalue weighted by molar-refractivity contribution is -0.126. The molecule has 0 spiro atoms. The topological polar surface area (TPSA) is 114 Å². The molecule has 0 bridgehead atoms.